The minimum absolute atomic E-state index is 0.336. The fourth-order valence-corrected chi connectivity index (χ4v) is 2.23. The number of nitrogens with zero attached hydrogens (tertiary/aromatic N) is 1. The zero-order chi connectivity index (χ0) is 10.5. The zero-order valence-electron chi connectivity index (χ0n) is 8.43. The molecule has 0 radical (unpaired) electrons. The summed E-state index contributed by atoms with van der Waals surface area (Å²) in [5.74, 6) is 0.336. The van der Waals surface area contributed by atoms with Gasteiger partial charge >= 0.3 is 0 Å². The molecule has 1 aromatic heterocycles. The minimum Gasteiger partial charge on any atom is -0.506 e. The lowest BCUT2D eigenvalue weighted by atomic mass is 10.1. The Bertz CT molecular complexity index is 514. The van der Waals surface area contributed by atoms with Crippen molar-refractivity contribution in [3.63, 3.8) is 0 Å². The topological polar surface area (TPSA) is 25.2 Å². The Morgan fingerprint density at radius 1 is 1.29 bits per heavy atom. The third-order valence-corrected chi connectivity index (χ3v) is 3.37. The van der Waals surface area contributed by atoms with E-state index in [9.17, 15) is 5.11 Å². The summed E-state index contributed by atoms with van der Waals surface area (Å²) in [4.78, 5) is 0. The van der Waals surface area contributed by atoms with Gasteiger partial charge in [0, 0.05) is 29.2 Å². The van der Waals surface area contributed by atoms with Gasteiger partial charge < -0.3 is 9.67 Å². The molecule has 14 heavy (non-hydrogen) atoms. The van der Waals surface area contributed by atoms with Crippen molar-refractivity contribution in [3.8, 4) is 5.75 Å². The van der Waals surface area contributed by atoms with Gasteiger partial charge in [-0.15, -0.1) is 0 Å². The Morgan fingerprint density at radius 2 is 1.93 bits per heavy atom. The van der Waals surface area contributed by atoms with Gasteiger partial charge in [-0.1, -0.05) is 0 Å². The van der Waals surface area contributed by atoms with E-state index in [0.717, 1.165) is 20.9 Å². The van der Waals surface area contributed by atoms with E-state index in [1.54, 1.807) is 0 Å². The summed E-state index contributed by atoms with van der Waals surface area (Å²) in [5.41, 5.74) is 3.27. The Balaban J connectivity index is 2.98. The van der Waals surface area contributed by atoms with E-state index in [4.69, 9.17) is 0 Å². The third kappa shape index (κ3) is 1.16. The SMILES string of the molecule is Cc1c(O)c(Br)cc2c1cc(C)n2C. The highest BCUT2D eigenvalue weighted by Crippen LogP contribution is 2.35. The predicted octanol–water partition coefficient (Wildman–Crippen LogP) is 3.26. The predicted molar refractivity (Wildman–Crippen MR) is 61.8 cm³/mol. The first-order valence-corrected chi connectivity index (χ1v) is 5.25. The third-order valence-electron chi connectivity index (χ3n) is 2.77. The number of aromatic nitrogens is 1. The summed E-state index contributed by atoms with van der Waals surface area (Å²) in [6.45, 7) is 3.99. The normalized spacial score (nSPS) is 11.1. The second-order valence-electron chi connectivity index (χ2n) is 3.61. The molecule has 0 aliphatic carbocycles. The van der Waals surface area contributed by atoms with Crippen LogP contribution < -0.4 is 0 Å². The fourth-order valence-electron chi connectivity index (χ4n) is 1.72. The van der Waals surface area contributed by atoms with Gasteiger partial charge in [0.25, 0.3) is 0 Å². The highest BCUT2D eigenvalue weighted by Gasteiger charge is 2.10. The Morgan fingerprint density at radius 3 is 2.57 bits per heavy atom. The Hall–Kier alpha value is -0.960. The molecule has 2 aromatic rings. The van der Waals surface area contributed by atoms with Crippen molar-refractivity contribution in [2.75, 3.05) is 0 Å². The summed E-state index contributed by atoms with van der Waals surface area (Å²) in [7, 11) is 2.03. The summed E-state index contributed by atoms with van der Waals surface area (Å²) in [6, 6.07) is 4.04. The minimum atomic E-state index is 0.336. The number of halogens is 1. The number of benzene rings is 1. The van der Waals surface area contributed by atoms with E-state index in [2.05, 4.69) is 33.5 Å². The lowest BCUT2D eigenvalue weighted by Gasteiger charge is -2.05. The summed E-state index contributed by atoms with van der Waals surface area (Å²) in [5, 5.41) is 10.9. The number of hydrogen-bond donors (Lipinski definition) is 1. The van der Waals surface area contributed by atoms with Gasteiger partial charge in [-0.3, -0.25) is 0 Å². The van der Waals surface area contributed by atoms with Crippen molar-refractivity contribution in [2.45, 2.75) is 13.8 Å². The van der Waals surface area contributed by atoms with Gasteiger partial charge in [0.15, 0.2) is 0 Å². The zero-order valence-corrected chi connectivity index (χ0v) is 10.0. The highest BCUT2D eigenvalue weighted by atomic mass is 79.9. The van der Waals surface area contributed by atoms with E-state index in [0.29, 0.717) is 5.75 Å². The number of phenols is 1. The van der Waals surface area contributed by atoms with E-state index in [1.165, 1.54) is 5.69 Å². The fraction of sp³-hybridized carbons (Fsp3) is 0.273. The molecule has 74 valence electrons. The second kappa shape index (κ2) is 3.02. The second-order valence-corrected chi connectivity index (χ2v) is 4.46. The van der Waals surface area contributed by atoms with Crippen molar-refractivity contribution < 1.29 is 5.11 Å². The van der Waals surface area contributed by atoms with Crippen molar-refractivity contribution in [3.05, 3.63) is 27.9 Å². The molecule has 0 aliphatic rings. The molecule has 0 aliphatic heterocycles. The van der Waals surface area contributed by atoms with Crippen LogP contribution in [0.4, 0.5) is 0 Å². The van der Waals surface area contributed by atoms with E-state index >= 15 is 0 Å². The van der Waals surface area contributed by atoms with Crippen LogP contribution in [0.1, 0.15) is 11.3 Å². The maximum Gasteiger partial charge on any atom is 0.133 e. The maximum absolute atomic E-state index is 9.75. The molecule has 0 amide bonds. The Kier molecular flexibility index (Phi) is 2.07. The van der Waals surface area contributed by atoms with Crippen molar-refractivity contribution in [1.29, 1.82) is 0 Å². The highest BCUT2D eigenvalue weighted by molar-refractivity contribution is 9.10. The van der Waals surface area contributed by atoms with Crippen LogP contribution in [0.15, 0.2) is 16.6 Å². The van der Waals surface area contributed by atoms with Crippen LogP contribution in [-0.2, 0) is 7.05 Å². The van der Waals surface area contributed by atoms with Crippen LogP contribution >= 0.6 is 15.9 Å². The molecule has 0 spiro atoms. The van der Waals surface area contributed by atoms with Gasteiger partial charge in [-0.25, -0.2) is 0 Å². The molecule has 0 fully saturated rings. The van der Waals surface area contributed by atoms with Gasteiger partial charge in [-0.05, 0) is 41.9 Å². The van der Waals surface area contributed by atoms with Gasteiger partial charge in [0.1, 0.15) is 5.75 Å². The van der Waals surface area contributed by atoms with Gasteiger partial charge in [0.05, 0.1) is 4.47 Å². The molecule has 1 heterocycles. The number of rotatable bonds is 0. The first-order valence-electron chi connectivity index (χ1n) is 4.46. The van der Waals surface area contributed by atoms with E-state index < -0.39 is 0 Å². The van der Waals surface area contributed by atoms with Crippen LogP contribution in [0.25, 0.3) is 10.9 Å². The van der Waals surface area contributed by atoms with Crippen molar-refractivity contribution in [1.82, 2.24) is 4.57 Å². The molecule has 0 bridgehead atoms. The number of hydrogen-bond acceptors (Lipinski definition) is 1. The molecule has 1 aromatic carbocycles. The number of phenolic OH excluding ortho intramolecular Hbond substituents is 1. The van der Waals surface area contributed by atoms with E-state index in [1.807, 2.05) is 20.0 Å². The lowest BCUT2D eigenvalue weighted by Crippen LogP contribution is -1.89. The smallest absolute Gasteiger partial charge is 0.133 e. The molecule has 1 N–H and O–H groups in total. The van der Waals surface area contributed by atoms with E-state index in [-0.39, 0.29) is 0 Å². The molecule has 0 unspecified atom stereocenters. The number of fused-ring (bicyclic) bond motifs is 1. The molecule has 0 saturated carbocycles. The summed E-state index contributed by atoms with van der Waals surface area (Å²) < 4.78 is 2.87. The molecule has 2 nitrogen and oxygen atoms in total. The number of aryl methyl sites for hydroxylation is 3. The first kappa shape index (κ1) is 9.59. The molecule has 0 saturated heterocycles. The quantitative estimate of drug-likeness (QED) is 0.766. The average molecular weight is 254 g/mol. The first-order chi connectivity index (χ1) is 6.52. The van der Waals surface area contributed by atoms with Crippen molar-refractivity contribution >= 4 is 26.8 Å². The number of aromatic hydroxyl groups is 1. The molecular weight excluding hydrogens is 242 g/mol. The molecule has 3 heteroatoms. The standard InChI is InChI=1S/C11H12BrNO/c1-6-4-8-7(2)11(14)9(12)5-10(8)13(6)3/h4-5,14H,1-3H3. The molecule has 2 rings (SSSR count). The maximum atomic E-state index is 9.75. The van der Waals surface area contributed by atoms with Crippen LogP contribution in [0.5, 0.6) is 5.75 Å². The van der Waals surface area contributed by atoms with Gasteiger partial charge in [-0.2, -0.15) is 0 Å². The summed E-state index contributed by atoms with van der Waals surface area (Å²) >= 11 is 3.35. The molecule has 0 atom stereocenters. The van der Waals surface area contributed by atoms with Crippen LogP contribution in [0.3, 0.4) is 0 Å². The van der Waals surface area contributed by atoms with Crippen LogP contribution in [0, 0.1) is 13.8 Å². The monoisotopic (exact) mass is 253 g/mol. The molecular formula is C11H12BrNO. The average Bonchev–Trinajstić information content (AvgIpc) is 2.42. The van der Waals surface area contributed by atoms with Crippen LogP contribution in [0.2, 0.25) is 0 Å². The summed E-state index contributed by atoms with van der Waals surface area (Å²) in [6.07, 6.45) is 0. The van der Waals surface area contributed by atoms with Crippen molar-refractivity contribution in [2.24, 2.45) is 7.05 Å². The lowest BCUT2D eigenvalue weighted by molar-refractivity contribution is 0.469. The largest absolute Gasteiger partial charge is 0.506 e. The van der Waals surface area contributed by atoms with Crippen LogP contribution in [-0.4, -0.2) is 9.67 Å². The Labute approximate surface area is 91.3 Å². The van der Waals surface area contributed by atoms with Gasteiger partial charge in [0.2, 0.25) is 0 Å².